The molecule has 0 aliphatic heterocycles. The van der Waals surface area contributed by atoms with Gasteiger partial charge in [-0.25, -0.2) is 4.79 Å². The van der Waals surface area contributed by atoms with Gasteiger partial charge in [-0.2, -0.15) is 9.37 Å². The van der Waals surface area contributed by atoms with E-state index in [2.05, 4.69) is 4.98 Å². The molecule has 0 radical (unpaired) electrons. The molecule has 21 heavy (non-hydrogen) atoms. The summed E-state index contributed by atoms with van der Waals surface area (Å²) in [5.74, 6) is -0.686. The number of hydrogen-bond acceptors (Lipinski definition) is 3. The van der Waals surface area contributed by atoms with E-state index in [1.807, 2.05) is 30.3 Å². The molecular formula is C15H16ClFN2O2. The first-order chi connectivity index (χ1) is 9.91. The van der Waals surface area contributed by atoms with E-state index in [0.717, 1.165) is 10.1 Å². The van der Waals surface area contributed by atoms with Gasteiger partial charge in [-0.05, 0) is 26.3 Å². The fourth-order valence-corrected chi connectivity index (χ4v) is 2.30. The van der Waals surface area contributed by atoms with Crippen molar-refractivity contribution >= 4 is 17.6 Å². The molecule has 0 saturated heterocycles. The van der Waals surface area contributed by atoms with Gasteiger partial charge in [0.2, 0.25) is 0 Å². The number of nitrogens with zero attached hydrogens (tertiary/aromatic N) is 2. The molecule has 112 valence electrons. The molecule has 0 aliphatic carbocycles. The number of halogens is 2. The van der Waals surface area contributed by atoms with E-state index in [-0.39, 0.29) is 17.0 Å². The summed E-state index contributed by atoms with van der Waals surface area (Å²) in [6, 6.07) is 8.80. The summed E-state index contributed by atoms with van der Waals surface area (Å²) in [6.07, 6.45) is -1.14. The zero-order chi connectivity index (χ0) is 15.6. The first-order valence-electron chi connectivity index (χ1n) is 6.61. The highest BCUT2D eigenvalue weighted by Crippen LogP contribution is 2.26. The van der Waals surface area contributed by atoms with Crippen molar-refractivity contribution in [2.24, 2.45) is 0 Å². The highest BCUT2D eigenvalue weighted by molar-refractivity contribution is 6.32. The van der Waals surface area contributed by atoms with Crippen LogP contribution in [0.5, 0.6) is 0 Å². The zero-order valence-corrected chi connectivity index (χ0v) is 12.8. The summed E-state index contributed by atoms with van der Waals surface area (Å²) >= 11 is 5.89. The number of esters is 1. The van der Waals surface area contributed by atoms with E-state index in [4.69, 9.17) is 16.3 Å². The van der Waals surface area contributed by atoms with E-state index in [1.165, 1.54) is 0 Å². The van der Waals surface area contributed by atoms with Crippen LogP contribution in [-0.4, -0.2) is 21.6 Å². The van der Waals surface area contributed by atoms with Gasteiger partial charge in [-0.1, -0.05) is 41.9 Å². The minimum atomic E-state index is -0.813. The lowest BCUT2D eigenvalue weighted by Gasteiger charge is -2.17. The summed E-state index contributed by atoms with van der Waals surface area (Å²) < 4.78 is 20.3. The molecule has 6 heteroatoms. The Balaban J connectivity index is 2.46. The molecule has 0 aliphatic rings. The van der Waals surface area contributed by atoms with Gasteiger partial charge < -0.3 is 4.74 Å². The monoisotopic (exact) mass is 310 g/mol. The minimum absolute atomic E-state index is 0.0702. The normalized spacial score (nSPS) is 12.5. The average Bonchev–Trinajstić information content (AvgIpc) is 2.73. The summed E-state index contributed by atoms with van der Waals surface area (Å²) in [7, 11) is 0. The summed E-state index contributed by atoms with van der Waals surface area (Å²) in [5, 5.41) is -0.194. The minimum Gasteiger partial charge on any atom is -0.458 e. The van der Waals surface area contributed by atoms with Gasteiger partial charge in [-0.15, -0.1) is 0 Å². The van der Waals surface area contributed by atoms with E-state index in [1.54, 1.807) is 20.8 Å². The van der Waals surface area contributed by atoms with Gasteiger partial charge in [0.25, 0.3) is 6.08 Å². The predicted octanol–water partition coefficient (Wildman–Crippen LogP) is 3.85. The molecule has 2 aromatic rings. The van der Waals surface area contributed by atoms with Crippen molar-refractivity contribution in [1.29, 1.82) is 0 Å². The molecular weight excluding hydrogens is 295 g/mol. The number of ether oxygens (including phenoxy) is 1. The molecule has 0 amide bonds. The number of benzene rings is 1. The highest BCUT2D eigenvalue weighted by Gasteiger charge is 2.27. The van der Waals surface area contributed by atoms with E-state index < -0.39 is 18.1 Å². The summed E-state index contributed by atoms with van der Waals surface area (Å²) in [4.78, 5) is 15.7. The third-order valence-electron chi connectivity index (χ3n) is 3.03. The zero-order valence-electron chi connectivity index (χ0n) is 12.0. The van der Waals surface area contributed by atoms with E-state index in [9.17, 15) is 9.18 Å². The Morgan fingerprint density at radius 1 is 1.29 bits per heavy atom. The third kappa shape index (κ3) is 3.24. The number of hydrogen-bond donors (Lipinski definition) is 0. The lowest BCUT2D eigenvalue weighted by atomic mass is 10.1. The van der Waals surface area contributed by atoms with Crippen LogP contribution in [0.15, 0.2) is 30.3 Å². The molecule has 1 atom stereocenters. The fourth-order valence-electron chi connectivity index (χ4n) is 2.07. The van der Waals surface area contributed by atoms with Gasteiger partial charge in [0.1, 0.15) is 0 Å². The van der Waals surface area contributed by atoms with Crippen LogP contribution >= 0.6 is 11.6 Å². The topological polar surface area (TPSA) is 44.1 Å². The Morgan fingerprint density at radius 2 is 1.90 bits per heavy atom. The third-order valence-corrected chi connectivity index (χ3v) is 3.29. The Kier molecular flexibility index (Phi) is 4.63. The van der Waals surface area contributed by atoms with Gasteiger partial charge in [0.15, 0.2) is 10.8 Å². The number of rotatable bonds is 4. The maximum Gasteiger partial charge on any atom is 0.358 e. The SMILES string of the molecule is CC(C)OC(=O)c1c(Cl)nc(F)n1[C@H](C)c1ccccc1. The smallest absolute Gasteiger partial charge is 0.358 e. The van der Waals surface area contributed by atoms with Crippen LogP contribution in [0.25, 0.3) is 0 Å². The summed E-state index contributed by atoms with van der Waals surface area (Å²) in [6.45, 7) is 5.19. The molecule has 0 N–H and O–H groups in total. The van der Waals surface area contributed by atoms with Crippen LogP contribution in [0.3, 0.4) is 0 Å². The molecule has 2 rings (SSSR count). The van der Waals surface area contributed by atoms with Gasteiger partial charge in [0, 0.05) is 0 Å². The molecule has 0 fully saturated rings. The molecule has 1 aromatic heterocycles. The van der Waals surface area contributed by atoms with Crippen molar-refractivity contribution in [3.63, 3.8) is 0 Å². The predicted molar refractivity (Wildman–Crippen MR) is 78.0 cm³/mol. The van der Waals surface area contributed by atoms with Crippen molar-refractivity contribution in [2.75, 3.05) is 0 Å². The maximum absolute atomic E-state index is 14.1. The van der Waals surface area contributed by atoms with E-state index in [0.29, 0.717) is 0 Å². The van der Waals surface area contributed by atoms with Gasteiger partial charge in [-0.3, -0.25) is 4.57 Å². The number of carbonyl (C=O) groups is 1. The second kappa shape index (κ2) is 6.26. The maximum atomic E-state index is 14.1. The first kappa shape index (κ1) is 15.5. The largest absolute Gasteiger partial charge is 0.458 e. The molecule has 0 unspecified atom stereocenters. The molecule has 1 heterocycles. The number of carbonyl (C=O) groups excluding carboxylic acids is 1. The van der Waals surface area contributed by atoms with E-state index >= 15 is 0 Å². The van der Waals surface area contributed by atoms with Crippen molar-refractivity contribution in [2.45, 2.75) is 32.9 Å². The Hall–Kier alpha value is -1.88. The molecule has 0 saturated carbocycles. The van der Waals surface area contributed by atoms with Crippen LogP contribution in [0.2, 0.25) is 5.15 Å². The van der Waals surface area contributed by atoms with Crippen LogP contribution in [0.1, 0.15) is 42.9 Å². The number of aromatic nitrogens is 2. The average molecular weight is 311 g/mol. The first-order valence-corrected chi connectivity index (χ1v) is 6.98. The van der Waals surface area contributed by atoms with Gasteiger partial charge >= 0.3 is 5.97 Å². The molecule has 1 aromatic carbocycles. The molecule has 0 bridgehead atoms. The quantitative estimate of drug-likeness (QED) is 0.806. The second-order valence-corrected chi connectivity index (χ2v) is 5.29. The van der Waals surface area contributed by atoms with Crippen molar-refractivity contribution < 1.29 is 13.9 Å². The van der Waals surface area contributed by atoms with Crippen molar-refractivity contribution in [1.82, 2.24) is 9.55 Å². The van der Waals surface area contributed by atoms with Crippen LogP contribution < -0.4 is 0 Å². The van der Waals surface area contributed by atoms with Crippen LogP contribution in [-0.2, 0) is 4.74 Å². The summed E-state index contributed by atoms with van der Waals surface area (Å²) in [5.41, 5.74) is 0.767. The van der Waals surface area contributed by atoms with Crippen LogP contribution in [0.4, 0.5) is 4.39 Å². The second-order valence-electron chi connectivity index (χ2n) is 4.93. The Morgan fingerprint density at radius 3 is 2.48 bits per heavy atom. The number of imidazole rings is 1. The lowest BCUT2D eigenvalue weighted by molar-refractivity contribution is 0.0362. The van der Waals surface area contributed by atoms with Crippen molar-refractivity contribution in [3.8, 4) is 0 Å². The molecule has 4 nitrogen and oxygen atoms in total. The fraction of sp³-hybridized carbons (Fsp3) is 0.333. The Bertz CT molecular complexity index is 641. The standard InChI is InChI=1S/C15H16ClFN2O2/c1-9(2)21-14(20)12-13(16)18-15(17)19(12)10(3)11-7-5-4-6-8-11/h4-10H,1-3H3/t10-/m1/s1. The Labute approximate surface area is 127 Å². The lowest BCUT2D eigenvalue weighted by Crippen LogP contribution is -2.20. The molecule has 0 spiro atoms. The van der Waals surface area contributed by atoms with Gasteiger partial charge in [0.05, 0.1) is 12.1 Å². The van der Waals surface area contributed by atoms with Crippen LogP contribution in [0, 0.1) is 6.08 Å². The van der Waals surface area contributed by atoms with Crippen molar-refractivity contribution in [3.05, 3.63) is 52.8 Å². The highest BCUT2D eigenvalue weighted by atomic mass is 35.5.